The van der Waals surface area contributed by atoms with Crippen LogP contribution in [0.2, 0.25) is 0 Å². The first kappa shape index (κ1) is 20.2. The molecule has 5 nitrogen and oxygen atoms in total. The van der Waals surface area contributed by atoms with Crippen LogP contribution in [0.1, 0.15) is 63.9 Å². The van der Waals surface area contributed by atoms with Crippen molar-refractivity contribution in [3.8, 4) is 0 Å². The number of esters is 2. The third-order valence-electron chi connectivity index (χ3n) is 4.62. The Morgan fingerprint density at radius 1 is 1.08 bits per heavy atom. The molecule has 0 bridgehead atoms. The van der Waals surface area contributed by atoms with Gasteiger partial charge in [-0.25, -0.2) is 4.79 Å². The first-order valence-electron chi connectivity index (χ1n) is 9.67. The van der Waals surface area contributed by atoms with Crippen molar-refractivity contribution in [3.63, 3.8) is 0 Å². The Kier molecular flexibility index (Phi) is 8.35. The number of hydrogen-bond donors (Lipinski definition) is 2. The average molecular weight is 358 g/mol. The number of aromatic nitrogens is 1. The maximum Gasteiger partial charge on any atom is 0.330 e. The zero-order valence-electron chi connectivity index (χ0n) is 15.6. The van der Waals surface area contributed by atoms with Gasteiger partial charge in [0, 0.05) is 29.9 Å². The van der Waals surface area contributed by atoms with Gasteiger partial charge in [0.2, 0.25) is 0 Å². The van der Waals surface area contributed by atoms with E-state index in [0.29, 0.717) is 6.42 Å². The number of fused-ring (bicyclic) bond motifs is 1. The molecule has 142 valence electrons. The molecule has 0 radical (unpaired) electrons. The van der Waals surface area contributed by atoms with Crippen molar-refractivity contribution in [3.05, 3.63) is 36.0 Å². The van der Waals surface area contributed by atoms with Gasteiger partial charge in [0.15, 0.2) is 0 Å². The molecule has 0 fully saturated rings. The van der Waals surface area contributed by atoms with E-state index in [9.17, 15) is 9.59 Å². The van der Waals surface area contributed by atoms with Gasteiger partial charge in [-0.3, -0.25) is 4.79 Å². The van der Waals surface area contributed by atoms with E-state index in [2.05, 4.69) is 11.9 Å². The smallest absolute Gasteiger partial charge is 0.330 e. The van der Waals surface area contributed by atoms with Gasteiger partial charge in [-0.05, 0) is 18.1 Å². The van der Waals surface area contributed by atoms with Gasteiger partial charge in [-0.1, -0.05) is 63.6 Å². The third-order valence-corrected chi connectivity index (χ3v) is 4.62. The molecule has 26 heavy (non-hydrogen) atoms. The van der Waals surface area contributed by atoms with Crippen molar-refractivity contribution in [2.45, 2.75) is 70.8 Å². The quantitative estimate of drug-likeness (QED) is 0.357. The Balaban J connectivity index is 1.69. The number of hydrogen-bond acceptors (Lipinski definition) is 4. The van der Waals surface area contributed by atoms with Gasteiger partial charge >= 0.3 is 11.9 Å². The first-order chi connectivity index (χ1) is 12.6. The largest absolute Gasteiger partial charge is 0.392 e. The number of benzene rings is 1. The van der Waals surface area contributed by atoms with E-state index in [0.717, 1.165) is 35.7 Å². The Morgan fingerprint density at radius 3 is 2.54 bits per heavy atom. The van der Waals surface area contributed by atoms with Crippen LogP contribution in [0.25, 0.3) is 10.9 Å². The van der Waals surface area contributed by atoms with E-state index in [4.69, 9.17) is 10.5 Å². The number of para-hydroxylation sites is 1. The van der Waals surface area contributed by atoms with Crippen LogP contribution in [0.3, 0.4) is 0 Å². The second-order valence-corrected chi connectivity index (χ2v) is 6.83. The summed E-state index contributed by atoms with van der Waals surface area (Å²) in [7, 11) is 0. The number of carbonyl (C=O) groups is 2. The third kappa shape index (κ3) is 6.30. The highest BCUT2D eigenvalue weighted by Crippen LogP contribution is 2.19. The SMILES string of the molecule is CCCCCCCCCC(=O)OC(=O)[C@@H](N)Cc1c[nH]c2ccccc12. The lowest BCUT2D eigenvalue weighted by atomic mass is 10.1. The number of aromatic amines is 1. The van der Waals surface area contributed by atoms with Crippen molar-refractivity contribution < 1.29 is 14.3 Å². The summed E-state index contributed by atoms with van der Waals surface area (Å²) >= 11 is 0. The molecule has 0 aliphatic carbocycles. The standard InChI is InChI=1S/C21H30N2O3/c1-2-3-4-5-6-7-8-13-20(24)26-21(25)18(22)14-16-15-23-19-12-10-9-11-17(16)19/h9-12,15,18,23H,2-8,13-14,22H2,1H3/t18-/m0/s1. The van der Waals surface area contributed by atoms with Gasteiger partial charge in [-0.2, -0.15) is 0 Å². The lowest BCUT2D eigenvalue weighted by Crippen LogP contribution is -2.35. The zero-order chi connectivity index (χ0) is 18.8. The van der Waals surface area contributed by atoms with E-state index in [1.54, 1.807) is 0 Å². The van der Waals surface area contributed by atoms with Crippen molar-refractivity contribution >= 4 is 22.8 Å². The fourth-order valence-electron chi connectivity index (χ4n) is 3.09. The van der Waals surface area contributed by atoms with E-state index < -0.39 is 18.0 Å². The summed E-state index contributed by atoms with van der Waals surface area (Å²) in [5, 5.41) is 1.03. The molecule has 2 rings (SSSR count). The van der Waals surface area contributed by atoms with Crippen LogP contribution in [-0.2, 0) is 20.7 Å². The second-order valence-electron chi connectivity index (χ2n) is 6.83. The van der Waals surface area contributed by atoms with Crippen molar-refractivity contribution in [2.75, 3.05) is 0 Å². The molecular formula is C21H30N2O3. The van der Waals surface area contributed by atoms with Gasteiger partial charge < -0.3 is 15.5 Å². The minimum absolute atomic E-state index is 0.277. The molecule has 0 aliphatic heterocycles. The van der Waals surface area contributed by atoms with E-state index in [1.165, 1.54) is 25.7 Å². The summed E-state index contributed by atoms with van der Waals surface area (Å²) < 4.78 is 4.91. The number of H-pyrrole nitrogens is 1. The Labute approximate surface area is 155 Å². The number of ether oxygens (including phenoxy) is 1. The van der Waals surface area contributed by atoms with Gasteiger partial charge in [-0.15, -0.1) is 0 Å². The molecule has 2 aromatic rings. The Morgan fingerprint density at radius 2 is 1.77 bits per heavy atom. The fraction of sp³-hybridized carbons (Fsp3) is 0.524. The van der Waals surface area contributed by atoms with E-state index >= 15 is 0 Å². The Hall–Kier alpha value is -2.14. The predicted molar refractivity (Wildman–Crippen MR) is 104 cm³/mol. The fourth-order valence-corrected chi connectivity index (χ4v) is 3.09. The second kappa shape index (κ2) is 10.8. The van der Waals surface area contributed by atoms with Crippen LogP contribution >= 0.6 is 0 Å². The van der Waals surface area contributed by atoms with Gasteiger partial charge in [0.1, 0.15) is 6.04 Å². The topological polar surface area (TPSA) is 85.2 Å². The summed E-state index contributed by atoms with van der Waals surface area (Å²) in [5.74, 6) is -1.12. The molecule has 0 aliphatic rings. The highest BCUT2D eigenvalue weighted by Gasteiger charge is 2.20. The Bertz CT molecular complexity index is 708. The molecule has 1 atom stereocenters. The van der Waals surface area contributed by atoms with Crippen LogP contribution in [0.5, 0.6) is 0 Å². The molecular weight excluding hydrogens is 328 g/mol. The highest BCUT2D eigenvalue weighted by molar-refractivity contribution is 5.89. The molecule has 5 heteroatoms. The maximum atomic E-state index is 12.0. The van der Waals surface area contributed by atoms with Crippen LogP contribution in [0.15, 0.2) is 30.5 Å². The summed E-state index contributed by atoms with van der Waals surface area (Å²) in [5.41, 5.74) is 7.88. The molecule has 0 spiro atoms. The van der Waals surface area contributed by atoms with Crippen LogP contribution in [0, 0.1) is 0 Å². The predicted octanol–water partition coefficient (Wildman–Crippen LogP) is 4.25. The maximum absolute atomic E-state index is 12.0. The molecule has 0 unspecified atom stereocenters. The van der Waals surface area contributed by atoms with E-state index in [1.807, 2.05) is 30.5 Å². The molecule has 1 aromatic carbocycles. The number of rotatable bonds is 11. The molecule has 1 aromatic heterocycles. The molecule has 0 saturated carbocycles. The number of unbranched alkanes of at least 4 members (excludes halogenated alkanes) is 6. The number of nitrogens with two attached hydrogens (primary N) is 1. The van der Waals surface area contributed by atoms with Crippen LogP contribution in [-0.4, -0.2) is 23.0 Å². The molecule has 3 N–H and O–H groups in total. The van der Waals surface area contributed by atoms with Crippen LogP contribution < -0.4 is 5.73 Å². The minimum atomic E-state index is -0.841. The minimum Gasteiger partial charge on any atom is -0.392 e. The molecule has 0 saturated heterocycles. The average Bonchev–Trinajstić information content (AvgIpc) is 3.04. The monoisotopic (exact) mass is 358 g/mol. The van der Waals surface area contributed by atoms with Crippen LogP contribution in [0.4, 0.5) is 0 Å². The lowest BCUT2D eigenvalue weighted by Gasteiger charge is -2.10. The normalized spacial score (nSPS) is 12.2. The summed E-state index contributed by atoms with van der Waals surface area (Å²) in [6, 6.07) is 6.99. The zero-order valence-corrected chi connectivity index (χ0v) is 15.6. The molecule has 1 heterocycles. The first-order valence-corrected chi connectivity index (χ1v) is 9.67. The summed E-state index contributed by atoms with van der Waals surface area (Å²) in [6.07, 6.45) is 10.3. The van der Waals surface area contributed by atoms with Crippen molar-refractivity contribution in [2.24, 2.45) is 5.73 Å². The highest BCUT2D eigenvalue weighted by atomic mass is 16.6. The van der Waals surface area contributed by atoms with Gasteiger partial charge in [0.05, 0.1) is 0 Å². The number of nitrogens with one attached hydrogen (secondary N) is 1. The van der Waals surface area contributed by atoms with Crippen molar-refractivity contribution in [1.29, 1.82) is 0 Å². The van der Waals surface area contributed by atoms with Crippen molar-refractivity contribution in [1.82, 2.24) is 4.98 Å². The number of carbonyl (C=O) groups excluding carboxylic acids is 2. The summed E-state index contributed by atoms with van der Waals surface area (Å²) in [4.78, 5) is 27.0. The summed E-state index contributed by atoms with van der Waals surface area (Å²) in [6.45, 7) is 2.19. The molecule has 0 amide bonds. The van der Waals surface area contributed by atoms with E-state index in [-0.39, 0.29) is 6.42 Å². The van der Waals surface area contributed by atoms with Gasteiger partial charge in [0.25, 0.3) is 0 Å². The lowest BCUT2D eigenvalue weighted by molar-refractivity contribution is -0.160.